The average molecular weight is 629 g/mol. The third-order valence-electron chi connectivity index (χ3n) is 14.8. The van der Waals surface area contributed by atoms with Gasteiger partial charge in [-0.1, -0.05) is 59.2 Å². The quantitative estimate of drug-likeness (QED) is 0.148. The Hall–Kier alpha value is -2.73. The fourth-order valence-electron chi connectivity index (χ4n) is 12.6. The minimum Gasteiger partial charge on any atom is -0.478 e. The summed E-state index contributed by atoms with van der Waals surface area (Å²) in [7, 11) is 0. The van der Waals surface area contributed by atoms with E-state index in [1.165, 1.54) is 68.9 Å². The first-order chi connectivity index (χ1) is 21.7. The Morgan fingerprint density at radius 2 is 1.61 bits per heavy atom. The van der Waals surface area contributed by atoms with Crippen molar-refractivity contribution in [2.75, 3.05) is 13.1 Å². The highest BCUT2D eigenvalue weighted by molar-refractivity contribution is 5.88. The fourth-order valence-corrected chi connectivity index (χ4v) is 12.6. The minimum atomic E-state index is -0.860. The lowest BCUT2D eigenvalue weighted by Gasteiger charge is -2.72. The third kappa shape index (κ3) is 5.13. The van der Waals surface area contributed by atoms with E-state index in [1.54, 1.807) is 12.1 Å². The number of nitrogens with two attached hydrogens (primary N) is 2. The Morgan fingerprint density at radius 1 is 0.870 bits per heavy atom. The lowest BCUT2D eigenvalue weighted by atomic mass is 9.33. The van der Waals surface area contributed by atoms with Gasteiger partial charge in [0.1, 0.15) is 0 Å². The van der Waals surface area contributed by atoms with E-state index in [9.17, 15) is 9.90 Å². The van der Waals surface area contributed by atoms with Gasteiger partial charge in [0, 0.05) is 24.3 Å². The Bertz CT molecular complexity index is 1420. The summed E-state index contributed by atoms with van der Waals surface area (Å²) in [4.78, 5) is 11.5. The van der Waals surface area contributed by atoms with E-state index in [1.807, 2.05) is 31.2 Å². The number of benzene rings is 1. The maximum atomic E-state index is 11.5. The van der Waals surface area contributed by atoms with Crippen molar-refractivity contribution in [2.45, 2.75) is 111 Å². The summed E-state index contributed by atoms with van der Waals surface area (Å²) in [5.74, 6) is 2.69. The van der Waals surface area contributed by atoms with Crippen LogP contribution in [0.3, 0.4) is 0 Å². The van der Waals surface area contributed by atoms with Gasteiger partial charge in [-0.15, -0.1) is 0 Å². The third-order valence-corrected chi connectivity index (χ3v) is 14.8. The van der Waals surface area contributed by atoms with E-state index in [0.29, 0.717) is 28.1 Å². The summed E-state index contributed by atoms with van der Waals surface area (Å²) >= 11 is 0. The largest absolute Gasteiger partial charge is 0.478 e. The van der Waals surface area contributed by atoms with Crippen molar-refractivity contribution < 1.29 is 9.90 Å². The Kier molecular flexibility index (Phi) is 8.48. The van der Waals surface area contributed by atoms with Gasteiger partial charge < -0.3 is 27.2 Å². The maximum absolute atomic E-state index is 11.5. The highest BCUT2D eigenvalue weighted by atomic mass is 16.4. The topological polar surface area (TPSA) is 113 Å². The van der Waals surface area contributed by atoms with Crippen LogP contribution in [0.1, 0.15) is 122 Å². The Balaban J connectivity index is 1.21. The van der Waals surface area contributed by atoms with E-state index in [4.69, 9.17) is 11.5 Å². The molecule has 4 fully saturated rings. The molecule has 4 saturated carbocycles. The number of hydrogen-bond donors (Lipinski definition) is 5. The van der Waals surface area contributed by atoms with Crippen LogP contribution < -0.4 is 22.1 Å². The maximum Gasteiger partial charge on any atom is 0.335 e. The van der Waals surface area contributed by atoms with E-state index in [2.05, 4.69) is 51.3 Å². The van der Waals surface area contributed by atoms with Crippen molar-refractivity contribution >= 4 is 11.5 Å². The molecule has 6 rings (SSSR count). The van der Waals surface area contributed by atoms with Gasteiger partial charge in [-0.2, -0.15) is 0 Å². The molecule has 0 aromatic heterocycles. The highest BCUT2D eigenvalue weighted by Crippen LogP contribution is 2.76. The lowest BCUT2D eigenvalue weighted by molar-refractivity contribution is -0.216. The van der Waals surface area contributed by atoms with Gasteiger partial charge in [0.05, 0.1) is 11.4 Å². The minimum absolute atomic E-state index is 0.0416. The molecule has 0 saturated heterocycles. The van der Waals surface area contributed by atoms with Gasteiger partial charge in [0.2, 0.25) is 0 Å². The monoisotopic (exact) mass is 628 g/mol. The number of fused-ring (bicyclic) bond motifs is 7. The SMILES string of the molecule is C/C(N)=C/C=C(\N)NCCNC12CCCC1[C@H]1CCC3C4(C)CC=C(c5ccc(C(=O)O)cc5)C(C)(C)C4CCC3(C)[C@]1(C)CC2. The molecule has 0 bridgehead atoms. The molecule has 0 heterocycles. The molecule has 0 spiro atoms. The molecule has 7 N–H and O–H groups in total. The molecule has 5 aliphatic rings. The number of allylic oxidation sites excluding steroid dienone is 5. The lowest BCUT2D eigenvalue weighted by Crippen LogP contribution is -2.67. The molecule has 252 valence electrons. The van der Waals surface area contributed by atoms with Crippen LogP contribution in [0, 0.1) is 45.3 Å². The molecule has 1 aromatic rings. The zero-order valence-corrected chi connectivity index (χ0v) is 29.3. The number of hydrogen-bond acceptors (Lipinski definition) is 5. The van der Waals surface area contributed by atoms with Crippen LogP contribution in [0.25, 0.3) is 5.57 Å². The molecule has 6 unspecified atom stereocenters. The van der Waals surface area contributed by atoms with Crippen LogP contribution in [0.2, 0.25) is 0 Å². The summed E-state index contributed by atoms with van der Waals surface area (Å²) in [6.07, 6.45) is 19.3. The van der Waals surface area contributed by atoms with Crippen LogP contribution in [-0.4, -0.2) is 29.7 Å². The molecule has 6 nitrogen and oxygen atoms in total. The van der Waals surface area contributed by atoms with Crippen LogP contribution in [-0.2, 0) is 0 Å². The van der Waals surface area contributed by atoms with Gasteiger partial charge in [0.15, 0.2) is 0 Å². The van der Waals surface area contributed by atoms with E-state index >= 15 is 0 Å². The second-order valence-corrected chi connectivity index (χ2v) is 17.1. The molecule has 46 heavy (non-hydrogen) atoms. The summed E-state index contributed by atoms with van der Waals surface area (Å²) < 4.78 is 0. The van der Waals surface area contributed by atoms with Crippen LogP contribution >= 0.6 is 0 Å². The Labute approximate surface area is 277 Å². The number of carboxylic acids is 1. The molecule has 0 amide bonds. The smallest absolute Gasteiger partial charge is 0.335 e. The predicted octanol–water partition coefficient (Wildman–Crippen LogP) is 7.83. The molecule has 1 aromatic carbocycles. The number of rotatable bonds is 8. The molecule has 0 aliphatic heterocycles. The van der Waals surface area contributed by atoms with E-state index in [-0.39, 0.29) is 16.4 Å². The van der Waals surface area contributed by atoms with Crippen LogP contribution in [0.4, 0.5) is 0 Å². The zero-order chi connectivity index (χ0) is 33.1. The van der Waals surface area contributed by atoms with Gasteiger partial charge in [-0.3, -0.25) is 0 Å². The van der Waals surface area contributed by atoms with Gasteiger partial charge in [-0.25, -0.2) is 4.79 Å². The number of nitrogens with one attached hydrogen (secondary N) is 2. The number of carbonyl (C=O) groups is 1. The second-order valence-electron chi connectivity index (χ2n) is 17.1. The van der Waals surface area contributed by atoms with Crippen molar-refractivity contribution in [2.24, 2.45) is 56.8 Å². The number of carboxylic acid groups (broad SMARTS) is 1. The Morgan fingerprint density at radius 3 is 2.30 bits per heavy atom. The highest BCUT2D eigenvalue weighted by Gasteiger charge is 2.69. The van der Waals surface area contributed by atoms with Crippen LogP contribution in [0.5, 0.6) is 0 Å². The predicted molar refractivity (Wildman–Crippen MR) is 189 cm³/mol. The normalized spacial score (nSPS) is 40.2. The van der Waals surface area contributed by atoms with Gasteiger partial charge >= 0.3 is 5.97 Å². The first-order valence-corrected chi connectivity index (χ1v) is 18.1. The standard InChI is InChI=1S/C40H60N4O2/c1-26(41)9-16-34(42)43-24-25-44-40-19-7-8-31(40)30-14-15-33-37(4)20-17-29(27-10-12-28(13-11-27)35(45)46)36(2,3)32(37)18-21-39(33,6)38(30,5)22-23-40/h9-13,16-17,30-33,43-44H,7-8,14-15,18-25,41-42H2,1-6H3,(H,45,46)/b26-9-,34-16+/t30-,31?,32?,33?,37?,38-,39?,40?/m1/s1. The van der Waals surface area contributed by atoms with Crippen molar-refractivity contribution in [3.8, 4) is 0 Å². The zero-order valence-electron chi connectivity index (χ0n) is 29.3. The molecule has 5 aliphatic carbocycles. The van der Waals surface area contributed by atoms with Gasteiger partial charge in [-0.05, 0) is 145 Å². The second kappa shape index (κ2) is 11.8. The van der Waals surface area contributed by atoms with E-state index in [0.717, 1.165) is 43.0 Å². The van der Waals surface area contributed by atoms with E-state index < -0.39 is 5.97 Å². The summed E-state index contributed by atoms with van der Waals surface area (Å²) in [6, 6.07) is 7.61. The molecule has 8 atom stereocenters. The van der Waals surface area contributed by atoms with Crippen LogP contribution in [0.15, 0.2) is 54.0 Å². The summed E-state index contributed by atoms with van der Waals surface area (Å²) in [6.45, 7) is 16.6. The van der Waals surface area contributed by atoms with Crippen molar-refractivity contribution in [3.63, 3.8) is 0 Å². The molecule has 0 radical (unpaired) electrons. The summed E-state index contributed by atoms with van der Waals surface area (Å²) in [5, 5.41) is 16.9. The van der Waals surface area contributed by atoms with Crippen molar-refractivity contribution in [1.29, 1.82) is 0 Å². The first-order valence-electron chi connectivity index (χ1n) is 18.1. The van der Waals surface area contributed by atoms with Crippen molar-refractivity contribution in [3.05, 3.63) is 65.1 Å². The number of aromatic carboxylic acids is 1. The van der Waals surface area contributed by atoms with Gasteiger partial charge in [0.25, 0.3) is 0 Å². The molecular formula is C40H60N4O2. The molecular weight excluding hydrogens is 568 g/mol. The first kappa shape index (κ1) is 33.2. The van der Waals surface area contributed by atoms with Crippen molar-refractivity contribution in [1.82, 2.24) is 10.6 Å². The fraction of sp³-hybridized carbons (Fsp3) is 0.675. The summed E-state index contributed by atoms with van der Waals surface area (Å²) in [5.41, 5.74) is 16.9. The molecule has 6 heteroatoms. The average Bonchev–Trinajstić information content (AvgIpc) is 3.43.